The second-order valence-corrected chi connectivity index (χ2v) is 9.20. The van der Waals surface area contributed by atoms with Crippen molar-refractivity contribution in [1.82, 2.24) is 25.2 Å². The summed E-state index contributed by atoms with van der Waals surface area (Å²) in [6.45, 7) is 1.26. The van der Waals surface area contributed by atoms with Crippen molar-refractivity contribution in [2.24, 2.45) is 0 Å². The highest BCUT2D eigenvalue weighted by molar-refractivity contribution is 7.13. The molecule has 32 heavy (non-hydrogen) atoms. The molecule has 5 rings (SSSR count). The first-order valence-electron chi connectivity index (χ1n) is 10.4. The summed E-state index contributed by atoms with van der Waals surface area (Å²) in [5.74, 6) is 0.590. The van der Waals surface area contributed by atoms with Crippen LogP contribution in [-0.2, 0) is 17.9 Å². The van der Waals surface area contributed by atoms with E-state index >= 15 is 0 Å². The third kappa shape index (κ3) is 4.54. The van der Waals surface area contributed by atoms with Crippen molar-refractivity contribution in [1.29, 1.82) is 0 Å². The molecule has 2 unspecified atom stereocenters. The molecule has 0 radical (unpaired) electrons. The van der Waals surface area contributed by atoms with Crippen LogP contribution in [0, 0.1) is 0 Å². The van der Waals surface area contributed by atoms with Crippen molar-refractivity contribution in [2.45, 2.75) is 31.7 Å². The Kier molecular flexibility index (Phi) is 5.93. The van der Waals surface area contributed by atoms with E-state index in [9.17, 15) is 9.90 Å². The number of aromatic amines is 1. The molecule has 3 heterocycles. The van der Waals surface area contributed by atoms with Gasteiger partial charge in [0, 0.05) is 29.1 Å². The molecule has 1 aliphatic heterocycles. The smallest absolute Gasteiger partial charge is 0.237 e. The first-order valence-corrected chi connectivity index (χ1v) is 11.6. The van der Waals surface area contributed by atoms with E-state index < -0.39 is 12.1 Å². The van der Waals surface area contributed by atoms with Crippen LogP contribution < -0.4 is 5.32 Å². The minimum atomic E-state index is -0.536. The van der Waals surface area contributed by atoms with Gasteiger partial charge in [0.05, 0.1) is 35.4 Å². The van der Waals surface area contributed by atoms with Crippen LogP contribution >= 0.6 is 22.9 Å². The van der Waals surface area contributed by atoms with Crippen LogP contribution in [0.4, 0.5) is 0 Å². The van der Waals surface area contributed by atoms with Crippen molar-refractivity contribution in [3.8, 4) is 10.6 Å². The molecule has 9 heteroatoms. The van der Waals surface area contributed by atoms with Crippen molar-refractivity contribution in [3.63, 3.8) is 0 Å². The van der Waals surface area contributed by atoms with Gasteiger partial charge in [-0.05, 0) is 30.7 Å². The molecule has 1 aliphatic rings. The largest absolute Gasteiger partial charge is 0.392 e. The summed E-state index contributed by atoms with van der Waals surface area (Å²) in [6, 6.07) is 14.9. The summed E-state index contributed by atoms with van der Waals surface area (Å²) < 4.78 is 0. The van der Waals surface area contributed by atoms with E-state index in [0.717, 1.165) is 27.3 Å². The van der Waals surface area contributed by atoms with Crippen LogP contribution in [0.15, 0.2) is 53.9 Å². The maximum absolute atomic E-state index is 12.9. The summed E-state index contributed by atoms with van der Waals surface area (Å²) in [5.41, 5.74) is 3.70. The number of aliphatic hydroxyl groups excluding tert-OH is 1. The fraction of sp³-hybridized carbons (Fsp3) is 0.261. The molecule has 1 amide bonds. The number of fused-ring (bicyclic) bond motifs is 1. The standard InChI is InChI=1S/C23H22ClN5O2S/c24-15-7-5-14(6-8-15)23-26-16(13-32-23)11-29-12-17(30)9-20(29)22(31)25-10-21-27-18-3-1-2-4-19(18)28-21/h1-8,13,17,20,30H,9-12H2,(H,25,31)(H,27,28). The minimum Gasteiger partial charge on any atom is -0.392 e. The lowest BCUT2D eigenvalue weighted by atomic mass is 10.2. The maximum atomic E-state index is 12.9. The van der Waals surface area contributed by atoms with E-state index in [1.807, 2.05) is 58.8 Å². The van der Waals surface area contributed by atoms with Crippen LogP contribution in [-0.4, -0.2) is 49.6 Å². The molecule has 4 aromatic rings. The van der Waals surface area contributed by atoms with Gasteiger partial charge < -0.3 is 15.4 Å². The van der Waals surface area contributed by atoms with E-state index in [2.05, 4.69) is 15.3 Å². The number of para-hydroxylation sites is 2. The molecule has 0 spiro atoms. The van der Waals surface area contributed by atoms with E-state index in [4.69, 9.17) is 16.6 Å². The number of aromatic nitrogens is 3. The number of aliphatic hydroxyl groups is 1. The number of thiazole rings is 1. The fourth-order valence-electron chi connectivity index (χ4n) is 4.02. The molecular weight excluding hydrogens is 446 g/mol. The number of halogens is 1. The van der Waals surface area contributed by atoms with Gasteiger partial charge in [-0.25, -0.2) is 9.97 Å². The molecule has 0 saturated carbocycles. The van der Waals surface area contributed by atoms with Crippen molar-refractivity contribution in [3.05, 3.63) is 70.5 Å². The summed E-state index contributed by atoms with van der Waals surface area (Å²) >= 11 is 7.53. The van der Waals surface area contributed by atoms with Gasteiger partial charge in [0.1, 0.15) is 10.8 Å². The van der Waals surface area contributed by atoms with Crippen LogP contribution in [0.25, 0.3) is 21.6 Å². The number of likely N-dealkylation sites (tertiary alicyclic amines) is 1. The lowest BCUT2D eigenvalue weighted by Gasteiger charge is -2.22. The molecule has 2 aromatic heterocycles. The lowest BCUT2D eigenvalue weighted by molar-refractivity contribution is -0.125. The summed E-state index contributed by atoms with van der Waals surface area (Å²) in [4.78, 5) is 27.3. The number of carbonyl (C=O) groups excluding carboxylic acids is 1. The quantitative estimate of drug-likeness (QED) is 0.403. The summed E-state index contributed by atoms with van der Waals surface area (Å²) in [6.07, 6.45) is -0.133. The van der Waals surface area contributed by atoms with Gasteiger partial charge in [-0.1, -0.05) is 35.9 Å². The van der Waals surface area contributed by atoms with Crippen molar-refractivity contribution >= 4 is 39.9 Å². The molecule has 2 atom stereocenters. The number of H-pyrrole nitrogens is 1. The van der Waals surface area contributed by atoms with E-state index in [1.54, 1.807) is 11.3 Å². The van der Waals surface area contributed by atoms with Gasteiger partial charge >= 0.3 is 0 Å². The maximum Gasteiger partial charge on any atom is 0.237 e. The highest BCUT2D eigenvalue weighted by atomic mass is 35.5. The molecule has 3 N–H and O–H groups in total. The first-order chi connectivity index (χ1) is 15.5. The number of nitrogens with one attached hydrogen (secondary N) is 2. The molecule has 1 fully saturated rings. The van der Waals surface area contributed by atoms with Gasteiger partial charge in [0.2, 0.25) is 5.91 Å². The predicted molar refractivity (Wildman–Crippen MR) is 125 cm³/mol. The molecule has 0 aliphatic carbocycles. The highest BCUT2D eigenvalue weighted by Crippen LogP contribution is 2.27. The van der Waals surface area contributed by atoms with Crippen LogP contribution in [0.2, 0.25) is 5.02 Å². The zero-order valence-corrected chi connectivity index (χ0v) is 18.7. The first kappa shape index (κ1) is 21.1. The third-order valence-electron chi connectivity index (χ3n) is 5.56. The number of benzene rings is 2. The number of hydrogen-bond donors (Lipinski definition) is 3. The highest BCUT2D eigenvalue weighted by Gasteiger charge is 2.36. The summed E-state index contributed by atoms with van der Waals surface area (Å²) in [5, 5.41) is 16.8. The Morgan fingerprint density at radius 1 is 1.22 bits per heavy atom. The number of β-amino-alcohol motifs (C(OH)–C–C–N with tert-alkyl or cyclic N) is 1. The third-order valence-corrected chi connectivity index (χ3v) is 6.75. The Bertz CT molecular complexity index is 1210. The Balaban J connectivity index is 1.24. The van der Waals surface area contributed by atoms with E-state index in [0.29, 0.717) is 36.9 Å². The predicted octanol–water partition coefficient (Wildman–Crippen LogP) is 3.59. The Labute approximate surface area is 194 Å². The topological polar surface area (TPSA) is 94.1 Å². The normalized spacial score (nSPS) is 18.9. The number of amides is 1. The van der Waals surface area contributed by atoms with Crippen LogP contribution in [0.3, 0.4) is 0 Å². The van der Waals surface area contributed by atoms with Crippen molar-refractivity contribution in [2.75, 3.05) is 6.54 Å². The molecule has 164 valence electrons. The molecule has 2 aromatic carbocycles. The Morgan fingerprint density at radius 2 is 2.03 bits per heavy atom. The average Bonchev–Trinajstić information content (AvgIpc) is 3.51. The monoisotopic (exact) mass is 467 g/mol. The molecule has 0 bridgehead atoms. The lowest BCUT2D eigenvalue weighted by Crippen LogP contribution is -2.42. The van der Waals surface area contributed by atoms with E-state index in [-0.39, 0.29) is 5.91 Å². The second-order valence-electron chi connectivity index (χ2n) is 7.90. The van der Waals surface area contributed by atoms with Gasteiger partial charge in [0.15, 0.2) is 0 Å². The number of imidazole rings is 1. The second kappa shape index (κ2) is 8.99. The molecule has 1 saturated heterocycles. The Hall–Kier alpha value is -2.78. The Morgan fingerprint density at radius 3 is 2.84 bits per heavy atom. The fourth-order valence-corrected chi connectivity index (χ4v) is 4.96. The molecule has 7 nitrogen and oxygen atoms in total. The van der Waals surface area contributed by atoms with Crippen molar-refractivity contribution < 1.29 is 9.90 Å². The number of rotatable bonds is 6. The van der Waals surface area contributed by atoms with Gasteiger partial charge in [-0.15, -0.1) is 11.3 Å². The zero-order valence-electron chi connectivity index (χ0n) is 17.2. The van der Waals surface area contributed by atoms with E-state index in [1.165, 1.54) is 0 Å². The average molecular weight is 468 g/mol. The summed E-state index contributed by atoms with van der Waals surface area (Å²) in [7, 11) is 0. The zero-order chi connectivity index (χ0) is 22.1. The van der Waals surface area contributed by atoms with Gasteiger partial charge in [0.25, 0.3) is 0 Å². The van der Waals surface area contributed by atoms with Crippen LogP contribution in [0.1, 0.15) is 17.9 Å². The minimum absolute atomic E-state index is 0.116. The van der Waals surface area contributed by atoms with Gasteiger partial charge in [-0.2, -0.15) is 0 Å². The molecular formula is C23H22ClN5O2S. The number of hydrogen-bond acceptors (Lipinski definition) is 6. The van der Waals surface area contributed by atoms with Crippen LogP contribution in [0.5, 0.6) is 0 Å². The number of carbonyl (C=O) groups is 1. The number of nitrogens with zero attached hydrogens (tertiary/aromatic N) is 3. The SMILES string of the molecule is O=C(NCc1nc2ccccc2[nH]1)C1CC(O)CN1Cc1csc(-c2ccc(Cl)cc2)n1. The van der Waals surface area contributed by atoms with Gasteiger partial charge in [-0.3, -0.25) is 9.69 Å².